The third kappa shape index (κ3) is 10.6. The minimum Gasteiger partial charge on any atom is -0.356 e. The standard InChI is InChI=1S/C14H28ClNO/c1-4-5-6-7-9-13(17)16-12-14(2,3)10-8-11-15/h4-12H2,1-3H3,(H,16,17). The van der Waals surface area contributed by atoms with E-state index in [4.69, 9.17) is 11.6 Å². The molecule has 0 rings (SSSR count). The molecule has 0 saturated carbocycles. The van der Waals surface area contributed by atoms with Crippen molar-refractivity contribution in [1.82, 2.24) is 5.32 Å². The number of hydrogen-bond acceptors (Lipinski definition) is 1. The normalized spacial score (nSPS) is 11.5. The molecule has 102 valence electrons. The van der Waals surface area contributed by atoms with E-state index in [0.717, 1.165) is 25.8 Å². The SMILES string of the molecule is CCCCCCC(=O)NCC(C)(C)CCCCl. The van der Waals surface area contributed by atoms with Crippen molar-refractivity contribution in [1.29, 1.82) is 0 Å². The van der Waals surface area contributed by atoms with Crippen molar-refractivity contribution in [3.8, 4) is 0 Å². The summed E-state index contributed by atoms with van der Waals surface area (Å²) in [5, 5.41) is 3.03. The number of halogens is 1. The Balaban J connectivity index is 3.60. The van der Waals surface area contributed by atoms with E-state index in [1.54, 1.807) is 0 Å². The van der Waals surface area contributed by atoms with Crippen LogP contribution in [0.15, 0.2) is 0 Å². The second-order valence-corrected chi connectivity index (χ2v) is 5.92. The largest absolute Gasteiger partial charge is 0.356 e. The predicted octanol–water partition coefficient (Wildman–Crippen LogP) is 4.12. The van der Waals surface area contributed by atoms with E-state index in [9.17, 15) is 4.79 Å². The fraction of sp³-hybridized carbons (Fsp3) is 0.929. The van der Waals surface area contributed by atoms with Gasteiger partial charge >= 0.3 is 0 Å². The summed E-state index contributed by atoms with van der Waals surface area (Å²) in [6, 6.07) is 0. The molecule has 0 aromatic carbocycles. The van der Waals surface area contributed by atoms with E-state index >= 15 is 0 Å². The van der Waals surface area contributed by atoms with Gasteiger partial charge < -0.3 is 5.32 Å². The first-order valence-corrected chi connectivity index (χ1v) is 7.38. The Kier molecular flexibility index (Phi) is 9.62. The summed E-state index contributed by atoms with van der Waals surface area (Å²) in [7, 11) is 0. The highest BCUT2D eigenvalue weighted by atomic mass is 35.5. The van der Waals surface area contributed by atoms with Gasteiger partial charge in [-0.2, -0.15) is 0 Å². The van der Waals surface area contributed by atoms with Crippen LogP contribution in [-0.4, -0.2) is 18.3 Å². The molecule has 3 heteroatoms. The van der Waals surface area contributed by atoms with Crippen LogP contribution in [0.3, 0.4) is 0 Å². The summed E-state index contributed by atoms with van der Waals surface area (Å²) >= 11 is 5.68. The Bertz CT molecular complexity index is 204. The van der Waals surface area contributed by atoms with E-state index in [-0.39, 0.29) is 11.3 Å². The Morgan fingerprint density at radius 3 is 2.47 bits per heavy atom. The van der Waals surface area contributed by atoms with Crippen LogP contribution in [0.5, 0.6) is 0 Å². The number of amides is 1. The van der Waals surface area contributed by atoms with Crippen LogP contribution >= 0.6 is 11.6 Å². The summed E-state index contributed by atoms with van der Waals surface area (Å²) in [5.41, 5.74) is 0.161. The van der Waals surface area contributed by atoms with Crippen molar-refractivity contribution in [2.75, 3.05) is 12.4 Å². The summed E-state index contributed by atoms with van der Waals surface area (Å²) in [6.45, 7) is 7.30. The maximum Gasteiger partial charge on any atom is 0.220 e. The molecule has 0 atom stereocenters. The maximum atomic E-state index is 11.6. The van der Waals surface area contributed by atoms with Gasteiger partial charge in [-0.05, 0) is 24.7 Å². The molecule has 0 aliphatic rings. The van der Waals surface area contributed by atoms with E-state index in [1.807, 2.05) is 0 Å². The van der Waals surface area contributed by atoms with Crippen LogP contribution in [0.4, 0.5) is 0 Å². The molecule has 2 nitrogen and oxygen atoms in total. The van der Waals surface area contributed by atoms with E-state index in [2.05, 4.69) is 26.1 Å². The van der Waals surface area contributed by atoms with Gasteiger partial charge in [0.2, 0.25) is 5.91 Å². The number of carbonyl (C=O) groups is 1. The molecular weight excluding hydrogens is 234 g/mol. The Labute approximate surface area is 111 Å². The molecule has 1 amide bonds. The molecule has 0 unspecified atom stereocenters. The smallest absolute Gasteiger partial charge is 0.220 e. The van der Waals surface area contributed by atoms with E-state index in [1.165, 1.54) is 19.3 Å². The molecular formula is C14H28ClNO. The first-order chi connectivity index (χ1) is 8.02. The van der Waals surface area contributed by atoms with Gasteiger partial charge in [0.25, 0.3) is 0 Å². The van der Waals surface area contributed by atoms with Gasteiger partial charge in [-0.1, -0.05) is 40.0 Å². The van der Waals surface area contributed by atoms with Crippen molar-refractivity contribution >= 4 is 17.5 Å². The van der Waals surface area contributed by atoms with Crippen LogP contribution in [0.1, 0.15) is 65.7 Å². The number of alkyl halides is 1. The highest BCUT2D eigenvalue weighted by molar-refractivity contribution is 6.17. The van der Waals surface area contributed by atoms with Gasteiger partial charge in [-0.25, -0.2) is 0 Å². The van der Waals surface area contributed by atoms with E-state index in [0.29, 0.717) is 12.3 Å². The molecule has 0 fully saturated rings. The molecule has 0 aliphatic carbocycles. The first-order valence-electron chi connectivity index (χ1n) is 6.84. The van der Waals surface area contributed by atoms with Crippen LogP contribution in [0.25, 0.3) is 0 Å². The van der Waals surface area contributed by atoms with Gasteiger partial charge in [-0.3, -0.25) is 4.79 Å². The quantitative estimate of drug-likeness (QED) is 0.465. The summed E-state index contributed by atoms with van der Waals surface area (Å²) in [6.07, 6.45) is 7.38. The fourth-order valence-corrected chi connectivity index (χ4v) is 1.91. The fourth-order valence-electron chi connectivity index (χ4n) is 1.77. The van der Waals surface area contributed by atoms with Gasteiger partial charge in [0.05, 0.1) is 0 Å². The van der Waals surface area contributed by atoms with Crippen LogP contribution in [0.2, 0.25) is 0 Å². The minimum atomic E-state index is 0.161. The predicted molar refractivity (Wildman–Crippen MR) is 75.5 cm³/mol. The Morgan fingerprint density at radius 1 is 1.18 bits per heavy atom. The molecule has 0 bridgehead atoms. The lowest BCUT2D eigenvalue weighted by Gasteiger charge is -2.24. The lowest BCUT2D eigenvalue weighted by Crippen LogP contribution is -2.33. The Hall–Kier alpha value is -0.240. The average Bonchev–Trinajstić information content (AvgIpc) is 2.30. The molecule has 0 aromatic heterocycles. The zero-order chi connectivity index (χ0) is 13.1. The zero-order valence-electron chi connectivity index (χ0n) is 11.7. The summed E-state index contributed by atoms with van der Waals surface area (Å²) < 4.78 is 0. The van der Waals surface area contributed by atoms with Crippen LogP contribution in [0, 0.1) is 5.41 Å². The van der Waals surface area contributed by atoms with Gasteiger partial charge in [-0.15, -0.1) is 11.6 Å². The third-order valence-corrected chi connectivity index (χ3v) is 3.28. The van der Waals surface area contributed by atoms with E-state index < -0.39 is 0 Å². The zero-order valence-corrected chi connectivity index (χ0v) is 12.4. The van der Waals surface area contributed by atoms with Gasteiger partial charge in [0.1, 0.15) is 0 Å². The lowest BCUT2D eigenvalue weighted by molar-refractivity contribution is -0.121. The molecule has 0 spiro atoms. The molecule has 17 heavy (non-hydrogen) atoms. The number of nitrogens with one attached hydrogen (secondary N) is 1. The molecule has 1 N–H and O–H groups in total. The maximum absolute atomic E-state index is 11.6. The molecule has 0 saturated heterocycles. The Morgan fingerprint density at radius 2 is 1.88 bits per heavy atom. The summed E-state index contributed by atoms with van der Waals surface area (Å²) in [4.78, 5) is 11.6. The topological polar surface area (TPSA) is 29.1 Å². The van der Waals surface area contributed by atoms with Crippen molar-refractivity contribution in [3.05, 3.63) is 0 Å². The number of carbonyl (C=O) groups excluding carboxylic acids is 1. The lowest BCUT2D eigenvalue weighted by atomic mass is 9.88. The van der Waals surface area contributed by atoms with Crippen LogP contribution < -0.4 is 5.32 Å². The molecule has 0 aromatic rings. The number of unbranched alkanes of at least 4 members (excludes halogenated alkanes) is 3. The number of rotatable bonds is 10. The van der Waals surface area contributed by atoms with Crippen molar-refractivity contribution in [2.24, 2.45) is 5.41 Å². The molecule has 0 heterocycles. The van der Waals surface area contributed by atoms with Crippen LogP contribution in [-0.2, 0) is 4.79 Å². The summed E-state index contributed by atoms with van der Waals surface area (Å²) in [5.74, 6) is 0.897. The monoisotopic (exact) mass is 261 g/mol. The average molecular weight is 262 g/mol. The first kappa shape index (κ1) is 16.8. The van der Waals surface area contributed by atoms with Gasteiger partial charge in [0.15, 0.2) is 0 Å². The second kappa shape index (κ2) is 9.76. The molecule has 0 aliphatic heterocycles. The minimum absolute atomic E-state index is 0.161. The van der Waals surface area contributed by atoms with Crippen molar-refractivity contribution in [2.45, 2.75) is 65.7 Å². The highest BCUT2D eigenvalue weighted by Gasteiger charge is 2.17. The highest BCUT2D eigenvalue weighted by Crippen LogP contribution is 2.21. The number of hydrogen-bond donors (Lipinski definition) is 1. The molecule has 0 radical (unpaired) electrons. The third-order valence-electron chi connectivity index (χ3n) is 3.01. The second-order valence-electron chi connectivity index (χ2n) is 5.54. The van der Waals surface area contributed by atoms with Crippen molar-refractivity contribution in [3.63, 3.8) is 0 Å². The van der Waals surface area contributed by atoms with Gasteiger partial charge in [0, 0.05) is 18.8 Å². The van der Waals surface area contributed by atoms with Crippen molar-refractivity contribution < 1.29 is 4.79 Å².